The Morgan fingerprint density at radius 3 is 2.62 bits per heavy atom. The van der Waals surface area contributed by atoms with Gasteiger partial charge in [-0.3, -0.25) is 19.0 Å². The monoisotopic (exact) mass is 416 g/mol. The van der Waals surface area contributed by atoms with E-state index in [1.165, 1.54) is 18.0 Å². The molecular weight excluding hydrogens is 392 g/mol. The number of piperazine rings is 1. The van der Waals surface area contributed by atoms with Gasteiger partial charge in [0.25, 0.3) is 11.5 Å². The number of thioether (sulfide) groups is 1. The second kappa shape index (κ2) is 8.06. The average Bonchev–Trinajstić information content (AvgIpc) is 3.28. The van der Waals surface area contributed by atoms with Crippen molar-refractivity contribution < 1.29 is 14.0 Å². The molecule has 2 aromatic rings. The molecule has 0 aromatic carbocycles. The van der Waals surface area contributed by atoms with Crippen LogP contribution < -0.4 is 5.56 Å². The molecule has 1 atom stereocenters. The second-order valence-corrected chi connectivity index (χ2v) is 8.32. The SMILES string of the molecule is CCc1c(C)nc2n(c1=O)CC(C(=O)N1CCN(C(=O)c3ccco3)CC1)CS2. The van der Waals surface area contributed by atoms with E-state index >= 15 is 0 Å². The van der Waals surface area contributed by atoms with E-state index in [-0.39, 0.29) is 23.3 Å². The van der Waals surface area contributed by atoms with Gasteiger partial charge in [-0.15, -0.1) is 0 Å². The molecule has 4 heterocycles. The number of carbonyl (C=O) groups excluding carboxylic acids is 2. The van der Waals surface area contributed by atoms with E-state index in [9.17, 15) is 14.4 Å². The number of aryl methyl sites for hydroxylation is 1. The summed E-state index contributed by atoms with van der Waals surface area (Å²) >= 11 is 1.47. The minimum atomic E-state index is -0.258. The molecule has 8 nitrogen and oxygen atoms in total. The highest BCUT2D eigenvalue weighted by atomic mass is 32.2. The maximum Gasteiger partial charge on any atom is 0.289 e. The van der Waals surface area contributed by atoms with Gasteiger partial charge in [0.05, 0.1) is 12.2 Å². The first kappa shape index (κ1) is 19.8. The second-order valence-electron chi connectivity index (χ2n) is 7.33. The first-order chi connectivity index (χ1) is 14.0. The molecule has 0 aliphatic carbocycles. The summed E-state index contributed by atoms with van der Waals surface area (Å²) in [5.74, 6) is 0.565. The van der Waals surface area contributed by atoms with Crippen molar-refractivity contribution in [1.82, 2.24) is 19.4 Å². The van der Waals surface area contributed by atoms with E-state index in [0.29, 0.717) is 61.4 Å². The van der Waals surface area contributed by atoms with Crippen molar-refractivity contribution in [3.63, 3.8) is 0 Å². The van der Waals surface area contributed by atoms with Crippen LogP contribution in [0.15, 0.2) is 32.8 Å². The molecule has 154 valence electrons. The molecule has 2 aliphatic rings. The minimum absolute atomic E-state index is 0.0335. The van der Waals surface area contributed by atoms with E-state index in [1.807, 2.05) is 13.8 Å². The van der Waals surface area contributed by atoms with E-state index in [2.05, 4.69) is 4.98 Å². The highest BCUT2D eigenvalue weighted by Crippen LogP contribution is 2.27. The Balaban J connectivity index is 1.42. The zero-order chi connectivity index (χ0) is 20.5. The Morgan fingerprint density at radius 2 is 1.97 bits per heavy atom. The van der Waals surface area contributed by atoms with Crippen molar-refractivity contribution in [2.45, 2.75) is 32.0 Å². The van der Waals surface area contributed by atoms with Crippen molar-refractivity contribution in [1.29, 1.82) is 0 Å². The molecule has 1 fully saturated rings. The third-order valence-corrected chi connectivity index (χ3v) is 6.70. The molecule has 0 bridgehead atoms. The lowest BCUT2D eigenvalue weighted by Gasteiger charge is -2.37. The Labute approximate surface area is 172 Å². The first-order valence-electron chi connectivity index (χ1n) is 9.84. The zero-order valence-corrected chi connectivity index (χ0v) is 17.4. The van der Waals surface area contributed by atoms with E-state index in [0.717, 1.165) is 5.69 Å². The van der Waals surface area contributed by atoms with Crippen molar-refractivity contribution in [2.24, 2.45) is 5.92 Å². The number of hydrogen-bond acceptors (Lipinski definition) is 6. The lowest BCUT2D eigenvalue weighted by atomic mass is 10.1. The maximum atomic E-state index is 13.1. The van der Waals surface area contributed by atoms with Crippen LogP contribution in [0.25, 0.3) is 0 Å². The van der Waals surface area contributed by atoms with E-state index < -0.39 is 0 Å². The van der Waals surface area contributed by atoms with Gasteiger partial charge in [0.15, 0.2) is 10.9 Å². The van der Waals surface area contributed by atoms with E-state index in [1.54, 1.807) is 26.5 Å². The number of amides is 2. The maximum absolute atomic E-state index is 13.1. The van der Waals surface area contributed by atoms with Crippen molar-refractivity contribution in [3.05, 3.63) is 45.8 Å². The predicted octanol–water partition coefficient (Wildman–Crippen LogP) is 1.41. The lowest BCUT2D eigenvalue weighted by molar-refractivity contribution is -0.136. The van der Waals surface area contributed by atoms with Gasteiger partial charge in [-0.25, -0.2) is 4.98 Å². The fraction of sp³-hybridized carbons (Fsp3) is 0.500. The van der Waals surface area contributed by atoms with Gasteiger partial charge in [0.2, 0.25) is 5.91 Å². The highest BCUT2D eigenvalue weighted by molar-refractivity contribution is 7.99. The molecule has 29 heavy (non-hydrogen) atoms. The number of fused-ring (bicyclic) bond motifs is 1. The molecule has 1 saturated heterocycles. The topological polar surface area (TPSA) is 88.7 Å². The Morgan fingerprint density at radius 1 is 1.24 bits per heavy atom. The van der Waals surface area contributed by atoms with Gasteiger partial charge in [-0.1, -0.05) is 18.7 Å². The standard InChI is InChI=1S/C20H24N4O4S/c1-3-15-13(2)21-20-24(18(15)26)11-14(12-29-20)17(25)22-6-8-23(9-7-22)19(27)16-5-4-10-28-16/h4-5,10,14H,3,6-9,11-12H2,1-2H3. The van der Waals surface area contributed by atoms with Gasteiger partial charge >= 0.3 is 0 Å². The van der Waals surface area contributed by atoms with Gasteiger partial charge in [-0.2, -0.15) is 0 Å². The van der Waals surface area contributed by atoms with Crippen LogP contribution in [-0.2, 0) is 17.8 Å². The van der Waals surface area contributed by atoms with Crippen LogP contribution in [0, 0.1) is 12.8 Å². The fourth-order valence-corrected chi connectivity index (χ4v) is 5.01. The normalized spacial score (nSPS) is 19.2. The lowest BCUT2D eigenvalue weighted by Crippen LogP contribution is -2.53. The van der Waals surface area contributed by atoms with Crippen LogP contribution in [0.1, 0.15) is 28.7 Å². The third kappa shape index (κ3) is 3.71. The number of rotatable bonds is 3. The molecule has 2 aliphatic heterocycles. The van der Waals surface area contributed by atoms with Gasteiger partial charge in [-0.05, 0) is 25.5 Å². The van der Waals surface area contributed by atoms with Crippen LogP contribution in [0.3, 0.4) is 0 Å². The molecule has 9 heteroatoms. The van der Waals surface area contributed by atoms with Crippen LogP contribution in [-0.4, -0.2) is 63.1 Å². The Kier molecular flexibility index (Phi) is 5.49. The number of carbonyl (C=O) groups is 2. The molecule has 0 saturated carbocycles. The van der Waals surface area contributed by atoms with Crippen molar-refractivity contribution in [3.8, 4) is 0 Å². The summed E-state index contributed by atoms with van der Waals surface area (Å²) in [5.41, 5.74) is 1.46. The van der Waals surface area contributed by atoms with Crippen molar-refractivity contribution >= 4 is 23.6 Å². The number of aromatic nitrogens is 2. The summed E-state index contributed by atoms with van der Waals surface area (Å²) in [7, 11) is 0. The molecule has 0 N–H and O–H groups in total. The smallest absolute Gasteiger partial charge is 0.289 e. The molecule has 2 amide bonds. The molecule has 0 radical (unpaired) electrons. The Bertz CT molecular complexity index is 977. The minimum Gasteiger partial charge on any atom is -0.459 e. The number of hydrogen-bond donors (Lipinski definition) is 0. The van der Waals surface area contributed by atoms with Crippen LogP contribution in [0.2, 0.25) is 0 Å². The van der Waals surface area contributed by atoms with Gasteiger partial charge in [0.1, 0.15) is 0 Å². The number of furan rings is 1. The quantitative estimate of drug-likeness (QED) is 0.703. The van der Waals surface area contributed by atoms with Gasteiger partial charge < -0.3 is 14.2 Å². The summed E-state index contributed by atoms with van der Waals surface area (Å²) in [6, 6.07) is 3.34. The average molecular weight is 417 g/mol. The Hall–Kier alpha value is -2.55. The van der Waals surface area contributed by atoms with Crippen molar-refractivity contribution in [2.75, 3.05) is 31.9 Å². The highest BCUT2D eigenvalue weighted by Gasteiger charge is 2.33. The summed E-state index contributed by atoms with van der Waals surface area (Å²) in [6.45, 7) is 6.10. The summed E-state index contributed by atoms with van der Waals surface area (Å²) < 4.78 is 6.83. The van der Waals surface area contributed by atoms with Crippen LogP contribution in [0.4, 0.5) is 0 Å². The zero-order valence-electron chi connectivity index (χ0n) is 16.6. The number of nitrogens with zero attached hydrogens (tertiary/aromatic N) is 4. The third-order valence-electron chi connectivity index (χ3n) is 5.56. The van der Waals surface area contributed by atoms with E-state index in [4.69, 9.17) is 4.42 Å². The van der Waals surface area contributed by atoms with Crippen LogP contribution in [0.5, 0.6) is 0 Å². The van der Waals surface area contributed by atoms with Gasteiger partial charge in [0, 0.05) is 49.7 Å². The summed E-state index contributed by atoms with van der Waals surface area (Å²) in [4.78, 5) is 46.3. The van der Waals surface area contributed by atoms with Crippen LogP contribution >= 0.6 is 11.8 Å². The largest absolute Gasteiger partial charge is 0.459 e. The summed E-state index contributed by atoms with van der Waals surface area (Å²) in [5, 5.41) is 0.697. The molecule has 0 spiro atoms. The first-order valence-corrected chi connectivity index (χ1v) is 10.8. The summed E-state index contributed by atoms with van der Waals surface area (Å²) in [6.07, 6.45) is 2.11. The predicted molar refractivity (Wildman–Crippen MR) is 108 cm³/mol. The molecule has 2 aromatic heterocycles. The molecule has 1 unspecified atom stereocenters. The molecule has 4 rings (SSSR count). The molecular formula is C20H24N4O4S. The fourth-order valence-electron chi connectivity index (χ4n) is 3.90.